The van der Waals surface area contributed by atoms with E-state index < -0.39 is 0 Å². The number of hydrogen-bond donors (Lipinski definition) is 2. The van der Waals surface area contributed by atoms with Crippen LogP contribution in [-0.4, -0.2) is 24.4 Å². The van der Waals surface area contributed by atoms with E-state index >= 15 is 0 Å². The summed E-state index contributed by atoms with van der Waals surface area (Å²) in [6.45, 7) is 1.23. The average Bonchev–Trinajstić information content (AvgIpc) is 3.18. The molecule has 0 radical (unpaired) electrons. The molecule has 2 nitrogen and oxygen atoms in total. The molecule has 21 heavy (non-hydrogen) atoms. The van der Waals surface area contributed by atoms with Gasteiger partial charge in [-0.05, 0) is 61.9 Å². The quantitative estimate of drug-likeness (QED) is 0.889. The third-order valence-corrected chi connectivity index (χ3v) is 6.68. The molecule has 1 aromatic carbocycles. The van der Waals surface area contributed by atoms with Crippen molar-refractivity contribution in [3.63, 3.8) is 0 Å². The maximum Gasteiger partial charge on any atom is 0.0341 e. The number of hydrogen-bond acceptors (Lipinski definition) is 3. The van der Waals surface area contributed by atoms with E-state index in [9.17, 15) is 0 Å². The number of thioether (sulfide) groups is 1. The van der Waals surface area contributed by atoms with Crippen molar-refractivity contribution < 1.29 is 0 Å². The van der Waals surface area contributed by atoms with Crippen molar-refractivity contribution in [1.82, 2.24) is 10.6 Å². The second-order valence-electron chi connectivity index (χ2n) is 6.80. The molecule has 1 aromatic rings. The van der Waals surface area contributed by atoms with E-state index in [1.54, 1.807) is 5.56 Å². The predicted molar refractivity (Wildman–Crippen MR) is 89.8 cm³/mol. The van der Waals surface area contributed by atoms with E-state index in [0.29, 0.717) is 6.04 Å². The Kier molecular flexibility index (Phi) is 4.24. The Morgan fingerprint density at radius 2 is 2.00 bits per heavy atom. The van der Waals surface area contributed by atoms with Gasteiger partial charge in [-0.1, -0.05) is 24.6 Å². The van der Waals surface area contributed by atoms with Gasteiger partial charge in [-0.25, -0.2) is 0 Å². The van der Waals surface area contributed by atoms with Crippen LogP contribution in [0.1, 0.15) is 50.1 Å². The molecule has 4 atom stereocenters. The molecule has 2 N–H and O–H groups in total. The van der Waals surface area contributed by atoms with Crippen LogP contribution < -0.4 is 10.6 Å². The van der Waals surface area contributed by atoms with Gasteiger partial charge in [0.1, 0.15) is 0 Å². The Hall–Kier alpha value is -0.510. The first-order valence-electron chi connectivity index (χ1n) is 8.63. The molecule has 2 fully saturated rings. The summed E-state index contributed by atoms with van der Waals surface area (Å²) >= 11 is 2.02. The summed E-state index contributed by atoms with van der Waals surface area (Å²) in [5.41, 5.74) is 1.54. The first-order valence-corrected chi connectivity index (χ1v) is 9.61. The van der Waals surface area contributed by atoms with Crippen LogP contribution in [0.4, 0.5) is 0 Å². The van der Waals surface area contributed by atoms with Crippen LogP contribution in [0.25, 0.3) is 0 Å². The highest BCUT2D eigenvalue weighted by Crippen LogP contribution is 2.39. The highest BCUT2D eigenvalue weighted by molar-refractivity contribution is 7.99. The van der Waals surface area contributed by atoms with Gasteiger partial charge in [0, 0.05) is 23.0 Å². The summed E-state index contributed by atoms with van der Waals surface area (Å²) in [4.78, 5) is 1.50. The van der Waals surface area contributed by atoms with Gasteiger partial charge in [0.25, 0.3) is 0 Å². The van der Waals surface area contributed by atoms with E-state index in [0.717, 1.165) is 18.0 Å². The van der Waals surface area contributed by atoms with Crippen molar-refractivity contribution in [1.29, 1.82) is 0 Å². The fraction of sp³-hybridized carbons (Fsp3) is 0.667. The fourth-order valence-corrected chi connectivity index (χ4v) is 5.65. The zero-order valence-corrected chi connectivity index (χ0v) is 13.5. The molecule has 4 unspecified atom stereocenters. The zero-order valence-electron chi connectivity index (χ0n) is 12.7. The molecule has 2 heterocycles. The van der Waals surface area contributed by atoms with Gasteiger partial charge < -0.3 is 10.6 Å². The minimum atomic E-state index is 0.578. The first-order chi connectivity index (χ1) is 10.4. The molecule has 3 aliphatic rings. The average molecular weight is 302 g/mol. The minimum Gasteiger partial charge on any atom is -0.314 e. The van der Waals surface area contributed by atoms with Crippen molar-refractivity contribution in [2.75, 3.05) is 12.3 Å². The van der Waals surface area contributed by atoms with Crippen molar-refractivity contribution in [2.45, 2.75) is 61.5 Å². The molecule has 4 rings (SSSR count). The molecule has 0 amide bonds. The van der Waals surface area contributed by atoms with Gasteiger partial charge in [-0.2, -0.15) is 0 Å². The molecule has 3 heteroatoms. The minimum absolute atomic E-state index is 0.578. The summed E-state index contributed by atoms with van der Waals surface area (Å²) in [5, 5.41) is 7.79. The predicted octanol–water partition coefficient (Wildman–Crippen LogP) is 3.73. The topological polar surface area (TPSA) is 24.1 Å². The van der Waals surface area contributed by atoms with Crippen LogP contribution in [-0.2, 0) is 0 Å². The first kappa shape index (κ1) is 14.1. The highest BCUT2D eigenvalue weighted by atomic mass is 32.2. The number of benzene rings is 1. The lowest BCUT2D eigenvalue weighted by Crippen LogP contribution is -2.44. The Labute approximate surface area is 132 Å². The molecule has 1 saturated heterocycles. The molecule has 1 aliphatic carbocycles. The molecule has 0 spiro atoms. The summed E-state index contributed by atoms with van der Waals surface area (Å²) < 4.78 is 0. The Balaban J connectivity index is 1.48. The second-order valence-corrected chi connectivity index (χ2v) is 7.94. The molecule has 0 bridgehead atoms. The molecule has 114 valence electrons. The Morgan fingerprint density at radius 3 is 2.90 bits per heavy atom. The third-order valence-electron chi connectivity index (χ3n) is 5.56. The molecule has 0 aromatic heterocycles. The zero-order chi connectivity index (χ0) is 14.1. The maximum absolute atomic E-state index is 4.05. The largest absolute Gasteiger partial charge is 0.314 e. The van der Waals surface area contributed by atoms with Crippen molar-refractivity contribution in [3.05, 3.63) is 29.8 Å². The molecular weight excluding hydrogens is 276 g/mol. The van der Waals surface area contributed by atoms with Crippen LogP contribution in [0.3, 0.4) is 0 Å². The summed E-state index contributed by atoms with van der Waals surface area (Å²) in [6.07, 6.45) is 8.23. The molecule has 1 saturated carbocycles. The second kappa shape index (κ2) is 6.31. The Morgan fingerprint density at radius 1 is 1.05 bits per heavy atom. The number of nitrogens with one attached hydrogen (secondary N) is 2. The van der Waals surface area contributed by atoms with Crippen molar-refractivity contribution in [2.24, 2.45) is 5.92 Å². The van der Waals surface area contributed by atoms with Gasteiger partial charge in [-0.15, -0.1) is 11.8 Å². The standard InChI is InChI=1S/C18H26N2S/c1-2-9-18-14(5-1)17(10-12-21-18)20-16-7-3-6-13(16)15-8-4-11-19-15/h1-2,5,9,13,15-17,19-20H,3-4,6-8,10-12H2. The van der Waals surface area contributed by atoms with Crippen molar-refractivity contribution >= 4 is 11.8 Å². The molecular formula is C18H26N2S. The van der Waals surface area contributed by atoms with Gasteiger partial charge in [0.15, 0.2) is 0 Å². The number of fused-ring (bicyclic) bond motifs is 1. The highest BCUT2D eigenvalue weighted by Gasteiger charge is 2.36. The summed E-state index contributed by atoms with van der Waals surface area (Å²) in [5.74, 6) is 2.11. The van der Waals surface area contributed by atoms with E-state index in [2.05, 4.69) is 34.9 Å². The van der Waals surface area contributed by atoms with Gasteiger partial charge >= 0.3 is 0 Å². The van der Waals surface area contributed by atoms with E-state index in [4.69, 9.17) is 0 Å². The van der Waals surface area contributed by atoms with Crippen LogP contribution >= 0.6 is 11.8 Å². The van der Waals surface area contributed by atoms with E-state index in [1.807, 2.05) is 11.8 Å². The lowest BCUT2D eigenvalue weighted by Gasteiger charge is -2.33. The fourth-order valence-electron chi connectivity index (χ4n) is 4.53. The lowest BCUT2D eigenvalue weighted by molar-refractivity contribution is 0.294. The maximum atomic E-state index is 4.05. The SMILES string of the molecule is c1ccc2c(c1)SCCC2NC1CCCC1C1CCCN1. The lowest BCUT2D eigenvalue weighted by atomic mass is 9.91. The molecule has 2 aliphatic heterocycles. The van der Waals surface area contributed by atoms with Crippen LogP contribution in [0, 0.1) is 5.92 Å². The van der Waals surface area contributed by atoms with Gasteiger partial charge in [0.2, 0.25) is 0 Å². The number of rotatable bonds is 3. The Bertz CT molecular complexity index is 484. The van der Waals surface area contributed by atoms with Gasteiger partial charge in [-0.3, -0.25) is 0 Å². The third kappa shape index (κ3) is 2.88. The van der Waals surface area contributed by atoms with Crippen LogP contribution in [0.15, 0.2) is 29.2 Å². The normalized spacial score (nSPS) is 35.8. The summed E-state index contributed by atoms with van der Waals surface area (Å²) in [6, 6.07) is 11.1. The van der Waals surface area contributed by atoms with E-state index in [-0.39, 0.29) is 0 Å². The summed E-state index contributed by atoms with van der Waals surface area (Å²) in [7, 11) is 0. The monoisotopic (exact) mass is 302 g/mol. The van der Waals surface area contributed by atoms with Crippen LogP contribution in [0.5, 0.6) is 0 Å². The van der Waals surface area contributed by atoms with E-state index in [1.165, 1.54) is 55.7 Å². The van der Waals surface area contributed by atoms with Crippen molar-refractivity contribution in [3.8, 4) is 0 Å². The smallest absolute Gasteiger partial charge is 0.0341 e. The van der Waals surface area contributed by atoms with Crippen LogP contribution in [0.2, 0.25) is 0 Å². The van der Waals surface area contributed by atoms with Gasteiger partial charge in [0.05, 0.1) is 0 Å².